The van der Waals surface area contributed by atoms with E-state index in [9.17, 15) is 10.2 Å². The zero-order valence-electron chi connectivity index (χ0n) is 15.5. The second kappa shape index (κ2) is 6.38. The number of benzene rings is 1. The molecule has 2 aliphatic rings. The van der Waals surface area contributed by atoms with Crippen LogP contribution in [0.5, 0.6) is 11.5 Å². The minimum absolute atomic E-state index is 0.0428. The Kier molecular flexibility index (Phi) is 4.55. The molecular formula is C21H28NO3+. The average Bonchev–Trinajstić information content (AvgIpc) is 2.54. The first kappa shape index (κ1) is 17.8. The molecule has 0 aromatic heterocycles. The van der Waals surface area contributed by atoms with Crippen LogP contribution in [0.4, 0.5) is 0 Å². The maximum atomic E-state index is 10.8. The van der Waals surface area contributed by atoms with E-state index in [0.717, 1.165) is 36.0 Å². The van der Waals surface area contributed by atoms with Crippen LogP contribution < -0.4 is 4.74 Å². The molecule has 0 saturated carbocycles. The summed E-state index contributed by atoms with van der Waals surface area (Å²) in [5.74, 6) is 1.21. The number of phenolic OH excluding ortho intramolecular Hbond substituents is 1. The molecule has 4 atom stereocenters. The van der Waals surface area contributed by atoms with E-state index in [0.29, 0.717) is 17.9 Å². The fraction of sp³-hybridized carbons (Fsp3) is 0.571. The highest BCUT2D eigenvalue weighted by molar-refractivity contribution is 5.59. The van der Waals surface area contributed by atoms with Gasteiger partial charge < -0.3 is 14.9 Å². The number of hydrogen-bond acceptors (Lipinski definition) is 3. The number of aryl methyl sites for hydroxylation is 1. The van der Waals surface area contributed by atoms with Crippen LogP contribution in [0.25, 0.3) is 4.85 Å². The predicted octanol–water partition coefficient (Wildman–Crippen LogP) is 4.84. The van der Waals surface area contributed by atoms with Gasteiger partial charge in [0.05, 0.1) is 5.92 Å². The number of aromatic hydroxyl groups is 1. The van der Waals surface area contributed by atoms with E-state index < -0.39 is 11.8 Å². The number of rotatable bonds is 3. The van der Waals surface area contributed by atoms with Gasteiger partial charge in [0.1, 0.15) is 11.5 Å². The van der Waals surface area contributed by atoms with Gasteiger partial charge in [-0.1, -0.05) is 23.4 Å². The molecule has 1 aliphatic carbocycles. The van der Waals surface area contributed by atoms with Gasteiger partial charge in [0.15, 0.2) is 0 Å². The maximum Gasteiger partial charge on any atom is 0.348 e. The Hall–Kier alpha value is -1.99. The summed E-state index contributed by atoms with van der Waals surface area (Å²) in [6, 6.07) is 1.73. The molecule has 0 spiro atoms. The van der Waals surface area contributed by atoms with Crippen molar-refractivity contribution in [1.29, 1.82) is 0 Å². The second-order valence-electron chi connectivity index (χ2n) is 7.81. The van der Waals surface area contributed by atoms with E-state index in [1.807, 2.05) is 6.92 Å². The summed E-state index contributed by atoms with van der Waals surface area (Å²) in [5.41, 5.74) is 3.11. The van der Waals surface area contributed by atoms with Crippen molar-refractivity contribution in [2.45, 2.75) is 77.0 Å². The smallest absolute Gasteiger partial charge is 0.348 e. The largest absolute Gasteiger partial charge is 0.508 e. The molecule has 134 valence electrons. The Morgan fingerprint density at radius 1 is 1.40 bits per heavy atom. The second-order valence-corrected chi connectivity index (χ2v) is 7.81. The highest BCUT2D eigenvalue weighted by atomic mass is 16.6. The number of ether oxygens (including phenoxy) is 1. The quantitative estimate of drug-likeness (QED) is 0.773. The minimum Gasteiger partial charge on any atom is -0.508 e. The molecule has 1 unspecified atom stereocenters. The van der Waals surface area contributed by atoms with Crippen molar-refractivity contribution in [1.82, 2.24) is 0 Å². The lowest BCUT2D eigenvalue weighted by molar-refractivity contribution is -0.0881. The van der Waals surface area contributed by atoms with Crippen LogP contribution in [0.3, 0.4) is 0 Å². The summed E-state index contributed by atoms with van der Waals surface area (Å²) in [5, 5.41) is 21.4. The van der Waals surface area contributed by atoms with Crippen LogP contribution in [-0.2, 0) is 0 Å². The molecule has 0 saturated heterocycles. The van der Waals surface area contributed by atoms with Crippen molar-refractivity contribution in [2.75, 3.05) is 0 Å². The van der Waals surface area contributed by atoms with E-state index in [1.165, 1.54) is 5.57 Å². The van der Waals surface area contributed by atoms with Gasteiger partial charge in [-0.3, -0.25) is 0 Å². The topological polar surface area (TPSA) is 54.0 Å². The summed E-state index contributed by atoms with van der Waals surface area (Å²) in [4.78, 5) is 4.18. The van der Waals surface area contributed by atoms with Gasteiger partial charge in [0, 0.05) is 17.5 Å². The SMILES string of the molecule is C#[N+][C@@]1(CCC=C(C)C)C(O)Oc2c(C)cc(O)c3c2[C@H]1CC[C@H]3C. The van der Waals surface area contributed by atoms with Crippen molar-refractivity contribution in [3.8, 4) is 18.1 Å². The predicted molar refractivity (Wildman–Crippen MR) is 99.6 cm³/mol. The van der Waals surface area contributed by atoms with Gasteiger partial charge in [0.2, 0.25) is 0 Å². The molecule has 0 radical (unpaired) electrons. The Labute approximate surface area is 150 Å². The van der Waals surface area contributed by atoms with E-state index >= 15 is 0 Å². The first-order chi connectivity index (χ1) is 11.8. The number of aliphatic hydroxyl groups excluding tert-OH is 1. The summed E-state index contributed by atoms with van der Waals surface area (Å²) < 4.78 is 5.93. The van der Waals surface area contributed by atoms with Crippen LogP contribution >= 0.6 is 0 Å². The van der Waals surface area contributed by atoms with Gasteiger partial charge >= 0.3 is 5.54 Å². The van der Waals surface area contributed by atoms with E-state index in [2.05, 4.69) is 31.7 Å². The first-order valence-corrected chi connectivity index (χ1v) is 9.08. The van der Waals surface area contributed by atoms with Gasteiger partial charge in [-0.05, 0) is 57.6 Å². The fourth-order valence-electron chi connectivity index (χ4n) is 4.54. The standard InChI is InChI=1S/C21H27NO3/c1-12(2)7-6-10-21(22-5)15-9-8-13(3)17-16(23)11-14(4)19(18(15)17)25-20(21)24/h5,7,11,13,15,20,24H,6,8-10H2,1-4H3/p+1/t13-,15-,20?,21-/m1/s1. The summed E-state index contributed by atoms with van der Waals surface area (Å²) in [7, 11) is 0. The lowest BCUT2D eigenvalue weighted by atomic mass is 9.65. The van der Waals surface area contributed by atoms with Gasteiger partial charge in [-0.25, -0.2) is 0 Å². The molecule has 1 heterocycles. The maximum absolute atomic E-state index is 10.8. The molecule has 1 aromatic rings. The van der Waals surface area contributed by atoms with E-state index in [1.54, 1.807) is 6.07 Å². The molecule has 25 heavy (non-hydrogen) atoms. The zero-order chi connectivity index (χ0) is 18.4. The molecule has 0 bridgehead atoms. The van der Waals surface area contributed by atoms with Crippen molar-refractivity contribution >= 4 is 0 Å². The van der Waals surface area contributed by atoms with Crippen LogP contribution in [-0.4, -0.2) is 22.0 Å². The van der Waals surface area contributed by atoms with Crippen molar-refractivity contribution in [2.24, 2.45) is 0 Å². The van der Waals surface area contributed by atoms with Gasteiger partial charge in [-0.15, -0.1) is 0 Å². The number of aliphatic hydroxyl groups is 1. The molecule has 0 fully saturated rings. The van der Waals surface area contributed by atoms with E-state index in [-0.39, 0.29) is 11.8 Å². The van der Waals surface area contributed by atoms with Gasteiger partial charge in [-0.2, -0.15) is 0 Å². The number of nitrogens with zero attached hydrogens (tertiary/aromatic N) is 1. The van der Waals surface area contributed by atoms with Crippen molar-refractivity contribution in [3.63, 3.8) is 0 Å². The lowest BCUT2D eigenvalue weighted by Gasteiger charge is -2.42. The summed E-state index contributed by atoms with van der Waals surface area (Å²) in [6.07, 6.45) is 4.25. The Morgan fingerprint density at radius 2 is 2.12 bits per heavy atom. The Morgan fingerprint density at radius 3 is 2.76 bits per heavy atom. The van der Waals surface area contributed by atoms with Crippen LogP contribution in [0, 0.1) is 13.5 Å². The zero-order valence-corrected chi connectivity index (χ0v) is 15.5. The third-order valence-electron chi connectivity index (χ3n) is 5.85. The highest BCUT2D eigenvalue weighted by Crippen LogP contribution is 2.57. The fourth-order valence-corrected chi connectivity index (χ4v) is 4.54. The Balaban J connectivity index is 2.15. The third-order valence-corrected chi connectivity index (χ3v) is 5.85. The molecule has 4 heteroatoms. The molecule has 1 aliphatic heterocycles. The molecule has 1 aromatic carbocycles. The highest BCUT2D eigenvalue weighted by Gasteiger charge is 2.62. The normalized spacial score (nSPS) is 30.0. The van der Waals surface area contributed by atoms with Crippen LogP contribution in [0.15, 0.2) is 17.7 Å². The Bertz CT molecular complexity index is 757. The van der Waals surface area contributed by atoms with Crippen molar-refractivity contribution < 1.29 is 14.9 Å². The molecule has 2 N–H and O–H groups in total. The lowest BCUT2D eigenvalue weighted by Crippen LogP contribution is -2.52. The first-order valence-electron chi connectivity index (χ1n) is 9.08. The van der Waals surface area contributed by atoms with E-state index in [4.69, 9.17) is 11.3 Å². The molecule has 4 nitrogen and oxygen atoms in total. The molecular weight excluding hydrogens is 314 g/mol. The number of hydrogen-bond donors (Lipinski definition) is 2. The van der Waals surface area contributed by atoms with Gasteiger partial charge in [0.25, 0.3) is 12.9 Å². The van der Waals surface area contributed by atoms with Crippen LogP contribution in [0.1, 0.15) is 75.0 Å². The summed E-state index contributed by atoms with van der Waals surface area (Å²) >= 11 is 0. The van der Waals surface area contributed by atoms with Crippen LogP contribution in [0.2, 0.25) is 0 Å². The number of phenols is 1. The molecule has 0 amide bonds. The molecule has 3 rings (SSSR count). The third kappa shape index (κ3) is 2.71. The summed E-state index contributed by atoms with van der Waals surface area (Å²) in [6.45, 7) is 14.0. The van der Waals surface area contributed by atoms with Crippen molar-refractivity contribution in [3.05, 3.63) is 39.3 Å². The minimum atomic E-state index is -1.08. The average molecular weight is 342 g/mol. The monoisotopic (exact) mass is 342 g/mol. The number of allylic oxidation sites excluding steroid dienone is 2.